The van der Waals surface area contributed by atoms with Crippen LogP contribution in [0.1, 0.15) is 25.0 Å². The summed E-state index contributed by atoms with van der Waals surface area (Å²) in [5.74, 6) is 1.93. The first-order chi connectivity index (χ1) is 29.0. The third kappa shape index (κ3) is 5.85. The Hall–Kier alpha value is -7.49. The molecule has 1 aliphatic rings. The molecule has 0 saturated carbocycles. The van der Waals surface area contributed by atoms with Crippen molar-refractivity contribution in [2.75, 3.05) is 0 Å². The lowest BCUT2D eigenvalue weighted by Crippen LogP contribution is -2.14. The highest BCUT2D eigenvalue weighted by molar-refractivity contribution is 6.00. The van der Waals surface area contributed by atoms with Crippen LogP contribution < -0.4 is 0 Å². The van der Waals surface area contributed by atoms with Crippen molar-refractivity contribution in [2.24, 2.45) is 0 Å². The van der Waals surface area contributed by atoms with Gasteiger partial charge in [0, 0.05) is 22.1 Å². The van der Waals surface area contributed by atoms with Crippen LogP contribution in [0, 0.1) is 0 Å². The van der Waals surface area contributed by atoms with E-state index in [1.807, 2.05) is 0 Å². The van der Waals surface area contributed by atoms with Gasteiger partial charge < -0.3 is 0 Å². The summed E-state index contributed by atoms with van der Waals surface area (Å²) in [7, 11) is 0. The minimum absolute atomic E-state index is 0.154. The molecule has 0 unspecified atom stereocenters. The zero-order valence-electron chi connectivity index (χ0n) is 32.9. The van der Waals surface area contributed by atoms with E-state index in [1.165, 1.54) is 54.9 Å². The summed E-state index contributed by atoms with van der Waals surface area (Å²) in [5, 5.41) is 4.88. The van der Waals surface area contributed by atoms with Gasteiger partial charge in [-0.05, 0) is 83.2 Å². The molecule has 0 aliphatic heterocycles. The lowest BCUT2D eigenvalue weighted by atomic mass is 9.82. The SMILES string of the molecule is CC1(C)c2ccccc2-c2c(-c3nc(-c4cccc(-c5ccc(-c6cccc7ccccc67)cc5)c4)nc(-c4ccccc4-c4cccc5ccccc45)n3)cccc21. The molecule has 11 rings (SSSR count). The molecule has 9 aromatic carbocycles. The summed E-state index contributed by atoms with van der Waals surface area (Å²) in [4.78, 5) is 16.1. The van der Waals surface area contributed by atoms with E-state index >= 15 is 0 Å². The second-order valence-electron chi connectivity index (χ2n) is 16.0. The molecule has 3 heteroatoms. The summed E-state index contributed by atoms with van der Waals surface area (Å²) in [6.45, 7) is 4.62. The van der Waals surface area contributed by atoms with Crippen molar-refractivity contribution in [3.8, 4) is 78.7 Å². The van der Waals surface area contributed by atoms with Gasteiger partial charge in [0.15, 0.2) is 17.5 Å². The molecule has 59 heavy (non-hydrogen) atoms. The molecule has 0 atom stereocenters. The van der Waals surface area contributed by atoms with Gasteiger partial charge in [-0.15, -0.1) is 0 Å². The lowest BCUT2D eigenvalue weighted by molar-refractivity contribution is 0.660. The summed E-state index contributed by atoms with van der Waals surface area (Å²) < 4.78 is 0. The second-order valence-corrected chi connectivity index (χ2v) is 16.0. The van der Waals surface area contributed by atoms with Crippen LogP contribution in [-0.2, 0) is 5.41 Å². The third-order valence-electron chi connectivity index (χ3n) is 12.2. The zero-order chi connectivity index (χ0) is 39.5. The molecular weight excluding hydrogens is 715 g/mol. The number of nitrogens with zero attached hydrogens (tertiary/aromatic N) is 3. The Morgan fingerprint density at radius 2 is 0.780 bits per heavy atom. The van der Waals surface area contributed by atoms with Crippen LogP contribution in [0.2, 0.25) is 0 Å². The predicted molar refractivity (Wildman–Crippen MR) is 245 cm³/mol. The molecule has 0 amide bonds. The van der Waals surface area contributed by atoms with E-state index in [-0.39, 0.29) is 5.41 Å². The third-order valence-corrected chi connectivity index (χ3v) is 12.2. The average molecular weight is 754 g/mol. The Kier molecular flexibility index (Phi) is 8.16. The van der Waals surface area contributed by atoms with Gasteiger partial charge in [-0.25, -0.2) is 15.0 Å². The molecule has 278 valence electrons. The van der Waals surface area contributed by atoms with Crippen LogP contribution in [0.5, 0.6) is 0 Å². The standard InChI is InChI=1S/C56H39N3/c1-56(2)50-29-10-9-25-48(50)52-49(28-14-30-51(52)56)55-58-53(57-54(59-55)47-24-8-7-23-46(47)45-27-13-18-38-16-4-6-22-44(38)45)41-20-11-19-40(35-41)36-31-33-39(34-32-36)43-26-12-17-37-15-3-5-21-42(37)43/h3-35H,1-2H3. The number of rotatable bonds is 6. The van der Waals surface area contributed by atoms with E-state index < -0.39 is 0 Å². The van der Waals surface area contributed by atoms with Crippen molar-refractivity contribution >= 4 is 21.5 Å². The first-order valence-corrected chi connectivity index (χ1v) is 20.3. The molecule has 0 N–H and O–H groups in total. The Balaban J connectivity index is 1.08. The summed E-state index contributed by atoms with van der Waals surface area (Å²) in [5.41, 5.74) is 14.7. The van der Waals surface area contributed by atoms with Crippen LogP contribution in [0.15, 0.2) is 200 Å². The average Bonchev–Trinajstić information content (AvgIpc) is 3.54. The normalized spacial score (nSPS) is 12.7. The fraction of sp³-hybridized carbons (Fsp3) is 0.0536. The van der Waals surface area contributed by atoms with Crippen LogP contribution in [0.4, 0.5) is 0 Å². The van der Waals surface area contributed by atoms with Gasteiger partial charge in [-0.1, -0.05) is 208 Å². The van der Waals surface area contributed by atoms with Crippen LogP contribution >= 0.6 is 0 Å². The summed E-state index contributed by atoms with van der Waals surface area (Å²) >= 11 is 0. The lowest BCUT2D eigenvalue weighted by Gasteiger charge is -2.21. The van der Waals surface area contributed by atoms with E-state index in [0.29, 0.717) is 17.5 Å². The fourth-order valence-corrected chi connectivity index (χ4v) is 9.22. The molecule has 3 nitrogen and oxygen atoms in total. The molecule has 0 fully saturated rings. The van der Waals surface area contributed by atoms with Crippen molar-refractivity contribution < 1.29 is 0 Å². The highest BCUT2D eigenvalue weighted by Gasteiger charge is 2.37. The van der Waals surface area contributed by atoms with E-state index in [9.17, 15) is 0 Å². The number of aromatic nitrogens is 3. The Labute approximate surface area is 344 Å². The van der Waals surface area contributed by atoms with Gasteiger partial charge in [0.05, 0.1) is 0 Å². The van der Waals surface area contributed by atoms with Gasteiger partial charge in [0.25, 0.3) is 0 Å². The molecule has 0 radical (unpaired) electrons. The van der Waals surface area contributed by atoms with Gasteiger partial charge in [0.2, 0.25) is 0 Å². The van der Waals surface area contributed by atoms with Crippen molar-refractivity contribution in [3.05, 3.63) is 211 Å². The zero-order valence-corrected chi connectivity index (χ0v) is 32.9. The maximum atomic E-state index is 5.38. The molecule has 0 spiro atoms. The molecular formula is C56H39N3. The number of hydrogen-bond donors (Lipinski definition) is 0. The highest BCUT2D eigenvalue weighted by Crippen LogP contribution is 2.52. The maximum absolute atomic E-state index is 5.38. The number of benzene rings is 9. The molecule has 1 aromatic heterocycles. The van der Waals surface area contributed by atoms with Gasteiger partial charge >= 0.3 is 0 Å². The Bertz CT molecular complexity index is 3240. The van der Waals surface area contributed by atoms with E-state index in [2.05, 4.69) is 214 Å². The Morgan fingerprint density at radius 3 is 1.54 bits per heavy atom. The topological polar surface area (TPSA) is 38.7 Å². The molecule has 0 saturated heterocycles. The van der Waals surface area contributed by atoms with E-state index in [4.69, 9.17) is 15.0 Å². The van der Waals surface area contributed by atoms with Crippen LogP contribution in [0.25, 0.3) is 100 Å². The van der Waals surface area contributed by atoms with Crippen molar-refractivity contribution in [1.29, 1.82) is 0 Å². The fourth-order valence-electron chi connectivity index (χ4n) is 9.22. The second kappa shape index (κ2) is 13.9. The summed E-state index contributed by atoms with van der Waals surface area (Å²) in [6, 6.07) is 71.4. The number of hydrogen-bond acceptors (Lipinski definition) is 3. The van der Waals surface area contributed by atoms with Gasteiger partial charge in [0.1, 0.15) is 0 Å². The minimum Gasteiger partial charge on any atom is -0.208 e. The monoisotopic (exact) mass is 753 g/mol. The quantitative estimate of drug-likeness (QED) is 0.170. The van der Waals surface area contributed by atoms with Crippen molar-refractivity contribution in [3.63, 3.8) is 0 Å². The molecule has 0 bridgehead atoms. The first-order valence-electron chi connectivity index (χ1n) is 20.3. The van der Waals surface area contributed by atoms with Gasteiger partial charge in [-0.3, -0.25) is 0 Å². The minimum atomic E-state index is -0.154. The van der Waals surface area contributed by atoms with Crippen molar-refractivity contribution in [1.82, 2.24) is 15.0 Å². The van der Waals surface area contributed by atoms with Crippen molar-refractivity contribution in [2.45, 2.75) is 19.3 Å². The van der Waals surface area contributed by atoms with Crippen LogP contribution in [-0.4, -0.2) is 15.0 Å². The van der Waals surface area contributed by atoms with Crippen LogP contribution in [0.3, 0.4) is 0 Å². The van der Waals surface area contributed by atoms with E-state index in [0.717, 1.165) is 38.9 Å². The largest absolute Gasteiger partial charge is 0.208 e. The molecule has 10 aromatic rings. The Morgan fingerprint density at radius 1 is 0.305 bits per heavy atom. The number of fused-ring (bicyclic) bond motifs is 5. The predicted octanol–water partition coefficient (Wildman–Crippen LogP) is 14.5. The molecule has 1 aliphatic carbocycles. The smallest absolute Gasteiger partial charge is 0.164 e. The highest BCUT2D eigenvalue weighted by atomic mass is 15.0. The van der Waals surface area contributed by atoms with E-state index in [1.54, 1.807) is 0 Å². The first kappa shape index (κ1) is 34.7. The maximum Gasteiger partial charge on any atom is 0.164 e. The van der Waals surface area contributed by atoms with Gasteiger partial charge in [-0.2, -0.15) is 0 Å². The molecule has 1 heterocycles. The summed E-state index contributed by atoms with van der Waals surface area (Å²) in [6.07, 6.45) is 0.